The summed E-state index contributed by atoms with van der Waals surface area (Å²) in [6.07, 6.45) is 0. The summed E-state index contributed by atoms with van der Waals surface area (Å²) in [5.41, 5.74) is 1.17. The predicted molar refractivity (Wildman–Crippen MR) is 39.6 cm³/mol. The molecule has 11 heavy (non-hydrogen) atoms. The van der Waals surface area contributed by atoms with E-state index in [1.165, 1.54) is 5.56 Å². The van der Waals surface area contributed by atoms with Gasteiger partial charge in [0.1, 0.15) is 5.75 Å². The molecule has 4 heteroatoms. The van der Waals surface area contributed by atoms with Crippen molar-refractivity contribution in [3.8, 4) is 5.75 Å². The molecule has 1 N–H and O–H groups in total. The maximum absolute atomic E-state index is 8.76. The van der Waals surface area contributed by atoms with Crippen molar-refractivity contribution in [3.63, 3.8) is 0 Å². The lowest BCUT2D eigenvalue weighted by Crippen LogP contribution is -1.82. The topological polar surface area (TPSA) is 71.7 Å². The lowest BCUT2D eigenvalue weighted by Gasteiger charge is -1.89. The molecule has 1 rings (SSSR count). The molecule has 0 amide bonds. The van der Waals surface area contributed by atoms with E-state index < -0.39 is 0 Å². The fraction of sp³-hybridized carbons (Fsp3) is 0.143. The van der Waals surface area contributed by atoms with Gasteiger partial charge in [-0.25, -0.2) is 0 Å². The maximum atomic E-state index is 8.76. The molecule has 0 unspecified atom stereocenters. The summed E-state index contributed by atoms with van der Waals surface area (Å²) in [5, 5.41) is 16.6. The summed E-state index contributed by atoms with van der Waals surface area (Å²) in [7, 11) is 0. The summed E-state index contributed by atoms with van der Waals surface area (Å²) >= 11 is 0. The van der Waals surface area contributed by atoms with E-state index in [4.69, 9.17) is 15.3 Å². The van der Waals surface area contributed by atoms with Crippen LogP contribution in [0.2, 0.25) is 0 Å². The third-order valence-electron chi connectivity index (χ3n) is 1.03. The van der Waals surface area contributed by atoms with E-state index in [1.807, 2.05) is 19.1 Å². The monoisotopic (exact) mass is 156 g/mol. The summed E-state index contributed by atoms with van der Waals surface area (Å²) in [5.74, 6) is 0.329. The molecule has 0 spiro atoms. The molecule has 0 aliphatic rings. The quantitative estimate of drug-likeness (QED) is 0.339. The Morgan fingerprint density at radius 3 is 2.00 bits per heavy atom. The molecule has 60 valence electrons. The Bertz CT molecular complexity index is 183. The van der Waals surface area contributed by atoms with Gasteiger partial charge in [0.15, 0.2) is 4.75 Å². The van der Waals surface area contributed by atoms with Gasteiger partial charge >= 0.3 is 0 Å². The zero-order valence-electron chi connectivity index (χ0n) is 5.98. The van der Waals surface area contributed by atoms with Crippen LogP contribution in [0.1, 0.15) is 5.56 Å². The van der Waals surface area contributed by atoms with Crippen LogP contribution in [0.25, 0.3) is 0 Å². The number of rotatable bonds is 0. The molecule has 0 saturated carbocycles. The van der Waals surface area contributed by atoms with Crippen LogP contribution in [0.3, 0.4) is 0 Å². The van der Waals surface area contributed by atoms with Gasteiger partial charge in [-0.15, -0.1) is 0 Å². The first kappa shape index (κ1) is 9.42. The third-order valence-corrected chi connectivity index (χ3v) is 1.03. The summed E-state index contributed by atoms with van der Waals surface area (Å²) in [6, 6.07) is 7.09. The molecule has 0 aliphatic heterocycles. The minimum Gasteiger partial charge on any atom is -0.508 e. The predicted octanol–water partition coefficient (Wildman–Crippen LogP) is 0.579. The van der Waals surface area contributed by atoms with Crippen LogP contribution < -0.4 is 5.26 Å². The highest BCUT2D eigenvalue weighted by Gasteiger charge is 1.82. The number of benzene rings is 1. The summed E-state index contributed by atoms with van der Waals surface area (Å²) < 4.78 is 1.75. The first-order valence-electron chi connectivity index (χ1n) is 2.88. The number of aromatic hydroxyl groups is 1. The van der Waals surface area contributed by atoms with Crippen LogP contribution in [0.4, 0.5) is 0 Å². The van der Waals surface area contributed by atoms with Crippen molar-refractivity contribution < 1.29 is 10.4 Å². The van der Waals surface area contributed by atoms with Crippen LogP contribution in [0.5, 0.6) is 5.75 Å². The van der Waals surface area contributed by atoms with Gasteiger partial charge in [-0.1, -0.05) is 27.9 Å². The van der Waals surface area contributed by atoms with Crippen molar-refractivity contribution in [2.75, 3.05) is 0 Å². The van der Waals surface area contributed by atoms with Crippen molar-refractivity contribution in [1.82, 2.24) is 0 Å². The highest BCUT2D eigenvalue weighted by Crippen LogP contribution is 2.07. The fourth-order valence-electron chi connectivity index (χ4n) is 0.545. The Morgan fingerprint density at radius 2 is 1.73 bits per heavy atom. The average Bonchev–Trinajstić information content (AvgIpc) is 1.97. The van der Waals surface area contributed by atoms with E-state index >= 15 is 0 Å². The van der Waals surface area contributed by atoms with Crippen molar-refractivity contribution in [2.45, 2.75) is 6.92 Å². The van der Waals surface area contributed by atoms with Crippen LogP contribution in [-0.2, 0) is 0 Å². The molecule has 4 nitrogen and oxygen atoms in total. The molecule has 0 fully saturated rings. The Kier molecular flexibility index (Phi) is 4.47. The molecule has 0 aromatic heterocycles. The van der Waals surface area contributed by atoms with Crippen molar-refractivity contribution >= 4 is 0 Å². The second-order valence-corrected chi connectivity index (χ2v) is 1.90. The second-order valence-electron chi connectivity index (χ2n) is 1.90. The molecule has 0 aliphatic carbocycles. The van der Waals surface area contributed by atoms with Crippen molar-refractivity contribution in [1.29, 1.82) is 0 Å². The van der Waals surface area contributed by atoms with Crippen LogP contribution in [-0.4, -0.2) is 5.11 Å². The lowest BCUT2D eigenvalue weighted by molar-refractivity contribution is -0.284. The SMILES string of the molecule is Cc1ccc(O)cc1.O=[O+][O-]. The van der Waals surface area contributed by atoms with E-state index in [1.54, 1.807) is 16.9 Å². The van der Waals surface area contributed by atoms with E-state index in [0.717, 1.165) is 0 Å². The second kappa shape index (κ2) is 5.22. The first-order chi connectivity index (χ1) is 5.20. The molecule has 0 saturated heterocycles. The van der Waals surface area contributed by atoms with Gasteiger partial charge in [-0.05, 0) is 19.1 Å². The smallest absolute Gasteiger partial charge is 0.154 e. The van der Waals surface area contributed by atoms with Gasteiger partial charge < -0.3 is 5.11 Å². The van der Waals surface area contributed by atoms with Gasteiger partial charge in [0.25, 0.3) is 0 Å². The minimum absolute atomic E-state index is 0.329. The number of hydrogen-bond donors (Lipinski definition) is 1. The van der Waals surface area contributed by atoms with Gasteiger partial charge in [-0.3, -0.25) is 0 Å². The van der Waals surface area contributed by atoms with Gasteiger partial charge in [0, 0.05) is 0 Å². The molecular formula is C7H8O4. The van der Waals surface area contributed by atoms with Crippen LogP contribution in [0.15, 0.2) is 24.3 Å². The fourth-order valence-corrected chi connectivity index (χ4v) is 0.545. The molecule has 1 aromatic carbocycles. The summed E-state index contributed by atoms with van der Waals surface area (Å²) in [4.78, 5) is 7.88. The number of phenolic OH excluding ortho intramolecular Hbond substituents is 1. The third kappa shape index (κ3) is 4.90. The molecule has 0 heterocycles. The minimum atomic E-state index is 0.329. The molecular weight excluding hydrogens is 148 g/mol. The zero-order valence-corrected chi connectivity index (χ0v) is 5.98. The standard InChI is InChI=1S/C7H8O.O3/c1-6-2-4-7(8)5-3-6;1-3-2/h2-5,8H,1H3;. The highest BCUT2D eigenvalue weighted by atomic mass is 17.2. The van der Waals surface area contributed by atoms with Crippen molar-refractivity contribution in [2.24, 2.45) is 0 Å². The lowest BCUT2D eigenvalue weighted by atomic mass is 10.2. The molecule has 0 atom stereocenters. The van der Waals surface area contributed by atoms with E-state index in [2.05, 4.69) is 0 Å². The van der Waals surface area contributed by atoms with Crippen LogP contribution in [0, 0.1) is 16.6 Å². The van der Waals surface area contributed by atoms with E-state index in [-0.39, 0.29) is 0 Å². The Morgan fingerprint density at radius 1 is 1.36 bits per heavy atom. The van der Waals surface area contributed by atoms with E-state index in [0.29, 0.717) is 5.75 Å². The highest BCUT2D eigenvalue weighted by molar-refractivity contribution is 5.24. The molecule has 0 radical (unpaired) electrons. The van der Waals surface area contributed by atoms with Gasteiger partial charge in [0.2, 0.25) is 0 Å². The van der Waals surface area contributed by atoms with Crippen LogP contribution >= 0.6 is 0 Å². The summed E-state index contributed by atoms with van der Waals surface area (Å²) in [6.45, 7) is 1.99. The van der Waals surface area contributed by atoms with Crippen molar-refractivity contribution in [3.05, 3.63) is 39.5 Å². The maximum Gasteiger partial charge on any atom is 0.154 e. The average molecular weight is 156 g/mol. The Balaban J connectivity index is 0.000000292. The zero-order chi connectivity index (χ0) is 8.69. The van der Waals surface area contributed by atoms with Gasteiger partial charge in [-0.2, -0.15) is 0 Å². The molecule has 0 bridgehead atoms. The molecule has 1 aromatic rings. The van der Waals surface area contributed by atoms with Gasteiger partial charge in [0.05, 0.1) is 0 Å². The number of aryl methyl sites for hydroxylation is 1. The van der Waals surface area contributed by atoms with E-state index in [9.17, 15) is 0 Å². The Labute approximate surface area is 63.6 Å². The largest absolute Gasteiger partial charge is 0.508 e. The normalized spacial score (nSPS) is 7.73. The number of phenols is 1. The first-order valence-corrected chi connectivity index (χ1v) is 2.88. The number of hydrogen-bond acceptors (Lipinski definition) is 3. The Hall–Kier alpha value is -1.58.